The lowest BCUT2D eigenvalue weighted by Gasteiger charge is -2.07. The van der Waals surface area contributed by atoms with Crippen LogP contribution in [0, 0.1) is 0 Å². The van der Waals surface area contributed by atoms with E-state index < -0.39 is 19.7 Å². The molecule has 0 atom stereocenters. The van der Waals surface area contributed by atoms with Gasteiger partial charge in [-0.1, -0.05) is 18.2 Å². The van der Waals surface area contributed by atoms with E-state index in [0.29, 0.717) is 5.56 Å². The summed E-state index contributed by atoms with van der Waals surface area (Å²) >= 11 is 0. The van der Waals surface area contributed by atoms with Crippen molar-refractivity contribution in [3.63, 3.8) is 0 Å². The highest BCUT2D eigenvalue weighted by atomic mass is 19.3. The van der Waals surface area contributed by atoms with Gasteiger partial charge in [0.2, 0.25) is 0 Å². The SMILES string of the molecule is OCc1cc(CF)ccc1C(F)F. The maximum Gasteiger partial charge on any atom is 0.264 e. The minimum atomic E-state index is -2.63. The van der Waals surface area contributed by atoms with Gasteiger partial charge in [0.05, 0.1) is 6.61 Å². The van der Waals surface area contributed by atoms with Crippen LogP contribution in [0.3, 0.4) is 0 Å². The molecule has 0 fully saturated rings. The summed E-state index contributed by atoms with van der Waals surface area (Å²) in [6.45, 7) is -1.20. The second-order valence-electron chi connectivity index (χ2n) is 2.63. The Bertz CT molecular complexity index is 286. The number of alkyl halides is 3. The molecule has 1 rings (SSSR count). The van der Waals surface area contributed by atoms with Gasteiger partial charge in [0, 0.05) is 5.56 Å². The third-order valence-corrected chi connectivity index (χ3v) is 1.77. The van der Waals surface area contributed by atoms with Gasteiger partial charge in [0.25, 0.3) is 6.43 Å². The molecule has 0 aliphatic heterocycles. The second kappa shape index (κ2) is 4.28. The van der Waals surface area contributed by atoms with Gasteiger partial charge in [-0.05, 0) is 11.1 Å². The zero-order valence-corrected chi connectivity index (χ0v) is 6.80. The summed E-state index contributed by atoms with van der Waals surface area (Å²) in [5, 5.41) is 8.73. The first-order valence-electron chi connectivity index (χ1n) is 3.75. The molecule has 0 saturated carbocycles. The summed E-state index contributed by atoms with van der Waals surface area (Å²) in [6.07, 6.45) is -2.63. The quantitative estimate of drug-likeness (QED) is 0.776. The molecule has 0 unspecified atom stereocenters. The molecular formula is C9H9F3O. The molecule has 0 heterocycles. The van der Waals surface area contributed by atoms with E-state index in [-0.39, 0.29) is 11.1 Å². The van der Waals surface area contributed by atoms with Crippen molar-refractivity contribution >= 4 is 0 Å². The lowest BCUT2D eigenvalue weighted by molar-refractivity contribution is 0.147. The van der Waals surface area contributed by atoms with E-state index in [1.807, 2.05) is 0 Å². The third kappa shape index (κ3) is 2.21. The highest BCUT2D eigenvalue weighted by Gasteiger charge is 2.12. The number of hydrogen-bond donors (Lipinski definition) is 1. The van der Waals surface area contributed by atoms with Crippen LogP contribution in [0.4, 0.5) is 13.2 Å². The number of benzene rings is 1. The molecule has 0 aromatic heterocycles. The predicted octanol–water partition coefficient (Wildman–Crippen LogP) is 2.59. The van der Waals surface area contributed by atoms with E-state index in [9.17, 15) is 13.2 Å². The Morgan fingerprint density at radius 3 is 2.46 bits per heavy atom. The number of rotatable bonds is 3. The van der Waals surface area contributed by atoms with Crippen LogP contribution in [0.25, 0.3) is 0 Å². The van der Waals surface area contributed by atoms with E-state index in [0.717, 1.165) is 6.07 Å². The number of halogens is 3. The zero-order valence-electron chi connectivity index (χ0n) is 6.80. The Balaban J connectivity index is 3.08. The molecule has 4 heteroatoms. The minimum Gasteiger partial charge on any atom is -0.392 e. The third-order valence-electron chi connectivity index (χ3n) is 1.77. The van der Waals surface area contributed by atoms with Crippen molar-refractivity contribution in [3.05, 3.63) is 34.9 Å². The molecule has 0 bridgehead atoms. The van der Waals surface area contributed by atoms with Crippen molar-refractivity contribution in [2.75, 3.05) is 0 Å². The van der Waals surface area contributed by atoms with E-state index in [1.165, 1.54) is 12.1 Å². The van der Waals surface area contributed by atoms with E-state index in [2.05, 4.69) is 0 Å². The lowest BCUT2D eigenvalue weighted by atomic mass is 10.1. The van der Waals surface area contributed by atoms with Crippen molar-refractivity contribution in [3.8, 4) is 0 Å². The Morgan fingerprint density at radius 1 is 1.31 bits per heavy atom. The Morgan fingerprint density at radius 2 is 2.00 bits per heavy atom. The van der Waals surface area contributed by atoms with Crippen LogP contribution in [-0.4, -0.2) is 5.11 Å². The maximum absolute atomic E-state index is 12.2. The highest BCUT2D eigenvalue weighted by Crippen LogP contribution is 2.24. The molecule has 13 heavy (non-hydrogen) atoms. The van der Waals surface area contributed by atoms with Crippen molar-refractivity contribution in [1.29, 1.82) is 0 Å². The van der Waals surface area contributed by atoms with Crippen LogP contribution in [0.5, 0.6) is 0 Å². The van der Waals surface area contributed by atoms with Crippen molar-refractivity contribution < 1.29 is 18.3 Å². The maximum atomic E-state index is 12.2. The fourth-order valence-corrected chi connectivity index (χ4v) is 1.09. The first-order valence-corrected chi connectivity index (χ1v) is 3.75. The zero-order chi connectivity index (χ0) is 9.84. The van der Waals surface area contributed by atoms with E-state index in [4.69, 9.17) is 5.11 Å². The summed E-state index contributed by atoms with van der Waals surface area (Å²) in [4.78, 5) is 0. The fourth-order valence-electron chi connectivity index (χ4n) is 1.09. The molecule has 72 valence electrons. The van der Waals surface area contributed by atoms with E-state index in [1.54, 1.807) is 0 Å². The number of aliphatic hydroxyl groups is 1. The predicted molar refractivity (Wildman–Crippen MR) is 42.1 cm³/mol. The van der Waals surface area contributed by atoms with Gasteiger partial charge in [-0.15, -0.1) is 0 Å². The molecule has 1 N–H and O–H groups in total. The van der Waals surface area contributed by atoms with Crippen molar-refractivity contribution in [1.82, 2.24) is 0 Å². The molecule has 1 nitrogen and oxygen atoms in total. The Kier molecular flexibility index (Phi) is 3.31. The molecule has 1 aromatic carbocycles. The van der Waals surface area contributed by atoms with Gasteiger partial charge in [-0.2, -0.15) is 0 Å². The molecule has 1 aromatic rings. The molecule has 0 aliphatic carbocycles. The Labute approximate surface area is 73.8 Å². The number of hydrogen-bond acceptors (Lipinski definition) is 1. The average Bonchev–Trinajstić information content (AvgIpc) is 2.16. The Hall–Kier alpha value is -1.03. The minimum absolute atomic E-state index is 0.0881. The summed E-state index contributed by atoms with van der Waals surface area (Å²) in [5.41, 5.74) is 0.151. The largest absolute Gasteiger partial charge is 0.392 e. The molecule has 0 radical (unpaired) electrons. The normalized spacial score (nSPS) is 10.8. The van der Waals surface area contributed by atoms with Gasteiger partial charge >= 0.3 is 0 Å². The summed E-state index contributed by atoms with van der Waals surface area (Å²) < 4.78 is 36.6. The smallest absolute Gasteiger partial charge is 0.264 e. The van der Waals surface area contributed by atoms with Gasteiger partial charge in [-0.25, -0.2) is 13.2 Å². The van der Waals surface area contributed by atoms with Crippen LogP contribution in [-0.2, 0) is 13.3 Å². The standard InChI is InChI=1S/C9H9F3O/c10-4-6-1-2-8(9(11)12)7(3-6)5-13/h1-3,9,13H,4-5H2. The van der Waals surface area contributed by atoms with Crippen LogP contribution in [0.1, 0.15) is 23.1 Å². The highest BCUT2D eigenvalue weighted by molar-refractivity contribution is 5.32. The molecule has 0 aliphatic rings. The number of aliphatic hydroxyl groups excluding tert-OH is 1. The lowest BCUT2D eigenvalue weighted by Crippen LogP contribution is -1.95. The van der Waals surface area contributed by atoms with Crippen LogP contribution < -0.4 is 0 Å². The van der Waals surface area contributed by atoms with Gasteiger partial charge < -0.3 is 5.11 Å². The first-order chi connectivity index (χ1) is 6.19. The topological polar surface area (TPSA) is 20.2 Å². The summed E-state index contributed by atoms with van der Waals surface area (Å²) in [6, 6.07) is 3.69. The first kappa shape index (κ1) is 10.1. The van der Waals surface area contributed by atoms with Crippen LogP contribution in [0.15, 0.2) is 18.2 Å². The molecular weight excluding hydrogens is 181 g/mol. The molecule has 0 saturated heterocycles. The van der Waals surface area contributed by atoms with E-state index >= 15 is 0 Å². The van der Waals surface area contributed by atoms with Gasteiger partial charge in [0.1, 0.15) is 6.67 Å². The van der Waals surface area contributed by atoms with Crippen molar-refractivity contribution in [2.24, 2.45) is 0 Å². The van der Waals surface area contributed by atoms with Crippen LogP contribution >= 0.6 is 0 Å². The van der Waals surface area contributed by atoms with Gasteiger partial charge in [-0.3, -0.25) is 0 Å². The molecule has 0 spiro atoms. The summed E-state index contributed by atoms with van der Waals surface area (Å²) in [5.74, 6) is 0. The van der Waals surface area contributed by atoms with Gasteiger partial charge in [0.15, 0.2) is 0 Å². The average molecular weight is 190 g/mol. The fraction of sp³-hybridized carbons (Fsp3) is 0.333. The van der Waals surface area contributed by atoms with Crippen molar-refractivity contribution in [2.45, 2.75) is 19.7 Å². The monoisotopic (exact) mass is 190 g/mol. The second-order valence-corrected chi connectivity index (χ2v) is 2.63. The summed E-state index contributed by atoms with van der Waals surface area (Å²) in [7, 11) is 0. The van der Waals surface area contributed by atoms with Crippen LogP contribution in [0.2, 0.25) is 0 Å². The molecule has 0 amide bonds.